The largest absolute Gasteiger partial charge is 0.459 e. The molecule has 1 fully saturated rings. The third-order valence-corrected chi connectivity index (χ3v) is 6.59. The van der Waals surface area contributed by atoms with E-state index in [2.05, 4.69) is 32.6 Å². The molecule has 28 heavy (non-hydrogen) atoms. The fraction of sp³-hybridized carbons (Fsp3) is 0.957. The summed E-state index contributed by atoms with van der Waals surface area (Å²) in [5.74, 6) is 0.371. The summed E-state index contributed by atoms with van der Waals surface area (Å²) in [6.45, 7) is 17.2. The van der Waals surface area contributed by atoms with Gasteiger partial charge in [0.15, 0.2) is 0 Å². The quantitative estimate of drug-likeness (QED) is 0.655. The summed E-state index contributed by atoms with van der Waals surface area (Å²) in [6.07, 6.45) is 1.62. The lowest BCUT2D eigenvalue weighted by Gasteiger charge is -2.42. The second-order valence-electron chi connectivity index (χ2n) is 10.6. The molecule has 0 aliphatic carbocycles. The minimum atomic E-state index is -1.51. The Morgan fingerprint density at radius 1 is 1.11 bits per heavy atom. The van der Waals surface area contributed by atoms with Crippen molar-refractivity contribution in [3.05, 3.63) is 0 Å². The zero-order valence-corrected chi connectivity index (χ0v) is 19.7. The minimum Gasteiger partial charge on any atom is -0.459 e. The predicted molar refractivity (Wildman–Crippen MR) is 114 cm³/mol. The van der Waals surface area contributed by atoms with Crippen LogP contribution in [0.1, 0.15) is 81.1 Å². The number of hydrogen-bond acceptors (Lipinski definition) is 5. The molecular weight excluding hydrogens is 354 g/mol. The zero-order chi connectivity index (χ0) is 21.9. The molecule has 2 N–H and O–H groups in total. The Labute approximate surface area is 172 Å². The maximum atomic E-state index is 12.7. The average molecular weight is 400 g/mol. The van der Waals surface area contributed by atoms with Crippen molar-refractivity contribution in [3.63, 3.8) is 0 Å². The highest BCUT2D eigenvalue weighted by atomic mass is 16.6. The van der Waals surface area contributed by atoms with E-state index in [1.54, 1.807) is 6.92 Å². The highest BCUT2D eigenvalue weighted by Gasteiger charge is 2.44. The highest BCUT2D eigenvalue weighted by molar-refractivity contribution is 5.72. The Balaban J connectivity index is 3.19. The summed E-state index contributed by atoms with van der Waals surface area (Å²) in [5, 5.41) is 22.1. The lowest BCUT2D eigenvalue weighted by molar-refractivity contribution is -0.189. The van der Waals surface area contributed by atoms with Crippen LogP contribution in [0.5, 0.6) is 0 Å². The number of aliphatic hydroxyl groups excluding tert-OH is 1. The Hall–Kier alpha value is -0.650. The highest BCUT2D eigenvalue weighted by Crippen LogP contribution is 2.36. The number of hydrogen-bond donors (Lipinski definition) is 2. The van der Waals surface area contributed by atoms with E-state index < -0.39 is 17.8 Å². The van der Waals surface area contributed by atoms with Gasteiger partial charge in [-0.05, 0) is 63.8 Å². The Morgan fingerprint density at radius 3 is 2.18 bits per heavy atom. The third kappa shape index (κ3) is 6.70. The SMILES string of the molecule is CC[C@H]1OC(=O)[C@H](C)C[C@H](C)CC(C)(C)C[C@@H](C)CN(C)[C@H](C)[C@@H](O)C1(C)O. The molecule has 7 atom stereocenters. The van der Waals surface area contributed by atoms with Crippen LogP contribution in [0.4, 0.5) is 0 Å². The second-order valence-corrected chi connectivity index (χ2v) is 10.6. The fourth-order valence-corrected chi connectivity index (χ4v) is 5.27. The average Bonchev–Trinajstić information content (AvgIpc) is 2.55. The molecule has 0 aromatic carbocycles. The van der Waals surface area contributed by atoms with Crippen molar-refractivity contribution in [1.82, 2.24) is 4.90 Å². The third-order valence-electron chi connectivity index (χ3n) is 6.59. The van der Waals surface area contributed by atoms with E-state index in [0.29, 0.717) is 18.3 Å². The molecule has 1 rings (SSSR count). The van der Waals surface area contributed by atoms with E-state index in [1.807, 2.05) is 27.8 Å². The molecule has 1 aliphatic heterocycles. The standard InChI is InChI=1S/C23H45NO4/c1-10-19-23(8,27)20(25)18(5)24(9)14-16(3)13-22(6,7)12-15(2)11-17(4)21(26)28-19/h15-20,25,27H,10-14H2,1-9H3/t15-,16+,17+,18+,19+,20+,23?/m0/s1. The van der Waals surface area contributed by atoms with Crippen LogP contribution in [0.15, 0.2) is 0 Å². The van der Waals surface area contributed by atoms with Gasteiger partial charge in [0.25, 0.3) is 0 Å². The Bertz CT molecular complexity index is 505. The van der Waals surface area contributed by atoms with Crippen LogP contribution in [0.2, 0.25) is 0 Å². The lowest BCUT2D eigenvalue weighted by Crippen LogP contribution is -2.58. The van der Waals surface area contributed by atoms with Gasteiger partial charge >= 0.3 is 5.97 Å². The van der Waals surface area contributed by atoms with E-state index in [0.717, 1.165) is 25.8 Å². The summed E-state index contributed by atoms with van der Waals surface area (Å²) in [5.41, 5.74) is -1.32. The first-order valence-electron chi connectivity index (χ1n) is 11.0. The van der Waals surface area contributed by atoms with Crippen molar-refractivity contribution in [2.24, 2.45) is 23.2 Å². The first-order valence-corrected chi connectivity index (χ1v) is 11.0. The number of cyclic esters (lactones) is 1. The molecule has 166 valence electrons. The number of esters is 1. The number of ether oxygens (including phenoxy) is 1. The summed E-state index contributed by atoms with van der Waals surface area (Å²) in [7, 11) is 1.99. The molecule has 5 heteroatoms. The number of carbonyl (C=O) groups excluding carboxylic acids is 1. The van der Waals surface area contributed by atoms with Crippen molar-refractivity contribution in [2.45, 2.75) is 105 Å². The van der Waals surface area contributed by atoms with Gasteiger partial charge in [-0.25, -0.2) is 0 Å². The molecule has 1 aliphatic rings. The number of aliphatic hydroxyl groups is 2. The van der Waals surface area contributed by atoms with Crippen LogP contribution in [0.3, 0.4) is 0 Å². The molecule has 0 spiro atoms. The summed E-state index contributed by atoms with van der Waals surface area (Å²) in [4.78, 5) is 14.8. The minimum absolute atomic E-state index is 0.183. The van der Waals surface area contributed by atoms with Crippen LogP contribution in [0.25, 0.3) is 0 Å². The number of nitrogens with zero attached hydrogens (tertiary/aromatic N) is 1. The molecule has 0 saturated carbocycles. The zero-order valence-electron chi connectivity index (χ0n) is 19.7. The molecule has 1 heterocycles. The second kappa shape index (κ2) is 9.90. The van der Waals surface area contributed by atoms with Gasteiger partial charge in [0.1, 0.15) is 17.8 Å². The Kier molecular flexibility index (Phi) is 8.98. The first kappa shape index (κ1) is 25.4. The van der Waals surface area contributed by atoms with E-state index >= 15 is 0 Å². The van der Waals surface area contributed by atoms with Crippen molar-refractivity contribution < 1.29 is 19.7 Å². The molecular formula is C23H45NO4. The molecule has 0 radical (unpaired) electrons. The molecule has 1 saturated heterocycles. The number of rotatable bonds is 1. The molecule has 5 nitrogen and oxygen atoms in total. The van der Waals surface area contributed by atoms with Gasteiger partial charge < -0.3 is 19.8 Å². The molecule has 0 bridgehead atoms. The van der Waals surface area contributed by atoms with Crippen LogP contribution in [0, 0.1) is 23.2 Å². The van der Waals surface area contributed by atoms with E-state index in [9.17, 15) is 15.0 Å². The maximum Gasteiger partial charge on any atom is 0.309 e. The van der Waals surface area contributed by atoms with E-state index in [1.165, 1.54) is 0 Å². The predicted octanol–water partition coefficient (Wildman–Crippen LogP) is 3.86. The smallest absolute Gasteiger partial charge is 0.309 e. The molecule has 0 aromatic rings. The van der Waals surface area contributed by atoms with Crippen LogP contribution >= 0.6 is 0 Å². The monoisotopic (exact) mass is 399 g/mol. The number of carbonyl (C=O) groups is 1. The van der Waals surface area contributed by atoms with Crippen molar-refractivity contribution in [2.75, 3.05) is 13.6 Å². The topological polar surface area (TPSA) is 70.0 Å². The lowest BCUT2D eigenvalue weighted by atomic mass is 9.75. The van der Waals surface area contributed by atoms with E-state index in [4.69, 9.17) is 4.74 Å². The molecule has 1 unspecified atom stereocenters. The van der Waals surface area contributed by atoms with Gasteiger partial charge in [0.05, 0.1) is 5.92 Å². The molecule has 0 amide bonds. The van der Waals surface area contributed by atoms with Gasteiger partial charge in [-0.1, -0.05) is 41.5 Å². The maximum absolute atomic E-state index is 12.7. The van der Waals surface area contributed by atoms with Crippen LogP contribution in [-0.4, -0.2) is 58.5 Å². The first-order chi connectivity index (χ1) is 12.7. The normalized spacial score (nSPS) is 42.3. The molecule has 0 aromatic heterocycles. The van der Waals surface area contributed by atoms with Crippen LogP contribution in [-0.2, 0) is 9.53 Å². The summed E-state index contributed by atoms with van der Waals surface area (Å²) >= 11 is 0. The summed E-state index contributed by atoms with van der Waals surface area (Å²) < 4.78 is 5.71. The van der Waals surface area contributed by atoms with Gasteiger partial charge in [0, 0.05) is 12.6 Å². The fourth-order valence-electron chi connectivity index (χ4n) is 5.27. The van der Waals surface area contributed by atoms with Gasteiger partial charge in [-0.3, -0.25) is 4.79 Å². The summed E-state index contributed by atoms with van der Waals surface area (Å²) in [6, 6.07) is -0.255. The van der Waals surface area contributed by atoms with Crippen molar-refractivity contribution in [3.8, 4) is 0 Å². The Morgan fingerprint density at radius 2 is 1.64 bits per heavy atom. The number of likely N-dealkylation sites (N-methyl/N-ethyl adjacent to an activating group) is 1. The van der Waals surface area contributed by atoms with Crippen LogP contribution < -0.4 is 0 Å². The van der Waals surface area contributed by atoms with Gasteiger partial charge in [0.2, 0.25) is 0 Å². The van der Waals surface area contributed by atoms with Gasteiger partial charge in [-0.15, -0.1) is 0 Å². The van der Waals surface area contributed by atoms with Crippen molar-refractivity contribution in [1.29, 1.82) is 0 Å². The van der Waals surface area contributed by atoms with Gasteiger partial charge in [-0.2, -0.15) is 0 Å². The van der Waals surface area contributed by atoms with E-state index in [-0.39, 0.29) is 23.3 Å². The van der Waals surface area contributed by atoms with Crippen molar-refractivity contribution >= 4 is 5.97 Å².